The second kappa shape index (κ2) is 6.97. The highest BCUT2D eigenvalue weighted by atomic mass is 19.1. The molecule has 1 unspecified atom stereocenters. The van der Waals surface area contributed by atoms with Crippen LogP contribution >= 0.6 is 0 Å². The van der Waals surface area contributed by atoms with Crippen LogP contribution in [0.2, 0.25) is 0 Å². The van der Waals surface area contributed by atoms with Gasteiger partial charge in [-0.25, -0.2) is 18.7 Å². The number of anilines is 2. The first-order valence-electron chi connectivity index (χ1n) is 8.95. The molecule has 136 valence electrons. The van der Waals surface area contributed by atoms with Crippen molar-refractivity contribution in [1.82, 2.24) is 9.97 Å². The summed E-state index contributed by atoms with van der Waals surface area (Å²) < 4.78 is 27.9. The van der Waals surface area contributed by atoms with Crippen LogP contribution < -0.4 is 9.80 Å². The molecule has 0 N–H and O–H groups in total. The van der Waals surface area contributed by atoms with E-state index in [-0.39, 0.29) is 17.5 Å². The highest BCUT2D eigenvalue weighted by molar-refractivity contribution is 5.96. The third kappa shape index (κ3) is 3.13. The molecule has 1 atom stereocenters. The number of hydrogen-bond donors (Lipinski definition) is 0. The molecule has 2 aromatic rings. The van der Waals surface area contributed by atoms with E-state index in [9.17, 15) is 13.6 Å². The Morgan fingerprint density at radius 3 is 2.73 bits per heavy atom. The molecule has 0 spiro atoms. The fourth-order valence-electron chi connectivity index (χ4n) is 3.91. The first-order chi connectivity index (χ1) is 12.6. The fourth-order valence-corrected chi connectivity index (χ4v) is 3.91. The molecule has 0 bridgehead atoms. The van der Waals surface area contributed by atoms with Crippen LogP contribution in [-0.4, -0.2) is 35.5 Å². The molecule has 3 heterocycles. The summed E-state index contributed by atoms with van der Waals surface area (Å²) in [5.74, 6) is -0.995. The van der Waals surface area contributed by atoms with Crippen LogP contribution in [0.3, 0.4) is 0 Å². The summed E-state index contributed by atoms with van der Waals surface area (Å²) in [6.07, 6.45) is 6.25. The number of carbonyl (C=O) groups is 1. The molecule has 26 heavy (non-hydrogen) atoms. The standard InChI is InChI=1S/C19H20F2N4O/c20-15-10-13-4-2-9-25(17(13)16(21)11-15)18(26)14-5-1-8-24(12-14)19-22-6-3-7-23-19/h3,6-7,10-11,14H,1-2,4-5,8-9,12H2. The first kappa shape index (κ1) is 16.9. The van der Waals surface area contributed by atoms with Crippen LogP contribution in [0.4, 0.5) is 20.4 Å². The predicted molar refractivity (Wildman–Crippen MR) is 94.0 cm³/mol. The van der Waals surface area contributed by atoms with Crippen molar-refractivity contribution < 1.29 is 13.6 Å². The molecule has 4 rings (SSSR count). The van der Waals surface area contributed by atoms with E-state index in [1.807, 2.05) is 4.90 Å². The summed E-state index contributed by atoms with van der Waals surface area (Å²) in [5, 5.41) is 0. The number of fused-ring (bicyclic) bond motifs is 1. The molecular formula is C19H20F2N4O. The molecule has 5 nitrogen and oxygen atoms in total. The number of benzene rings is 1. The Kier molecular flexibility index (Phi) is 4.53. The van der Waals surface area contributed by atoms with Crippen molar-refractivity contribution in [2.75, 3.05) is 29.4 Å². The number of aryl methyl sites for hydroxylation is 1. The van der Waals surface area contributed by atoms with E-state index in [4.69, 9.17) is 0 Å². The number of hydrogen-bond acceptors (Lipinski definition) is 4. The Morgan fingerprint density at radius 1 is 1.12 bits per heavy atom. The zero-order valence-corrected chi connectivity index (χ0v) is 14.4. The molecule has 1 aromatic carbocycles. The van der Waals surface area contributed by atoms with Gasteiger partial charge in [0.2, 0.25) is 11.9 Å². The minimum absolute atomic E-state index is 0.0999. The monoisotopic (exact) mass is 358 g/mol. The number of carbonyl (C=O) groups excluding carboxylic acids is 1. The van der Waals surface area contributed by atoms with E-state index in [0.717, 1.165) is 25.5 Å². The molecule has 2 aliphatic rings. The molecule has 1 fully saturated rings. The zero-order valence-electron chi connectivity index (χ0n) is 14.4. The number of amides is 1. The minimum Gasteiger partial charge on any atom is -0.340 e. The van der Waals surface area contributed by atoms with Gasteiger partial charge in [-0.15, -0.1) is 0 Å². The second-order valence-electron chi connectivity index (χ2n) is 6.82. The lowest BCUT2D eigenvalue weighted by atomic mass is 9.94. The maximum Gasteiger partial charge on any atom is 0.231 e. The zero-order chi connectivity index (χ0) is 18.1. The topological polar surface area (TPSA) is 49.3 Å². The molecule has 2 aliphatic heterocycles. The van der Waals surface area contributed by atoms with Crippen LogP contribution in [-0.2, 0) is 11.2 Å². The minimum atomic E-state index is -0.660. The Bertz CT molecular complexity index is 815. The quantitative estimate of drug-likeness (QED) is 0.828. The van der Waals surface area contributed by atoms with E-state index >= 15 is 0 Å². The number of halogens is 2. The summed E-state index contributed by atoms with van der Waals surface area (Å²) >= 11 is 0. The predicted octanol–water partition coefficient (Wildman–Crippen LogP) is 2.95. The summed E-state index contributed by atoms with van der Waals surface area (Å²) in [6.45, 7) is 1.77. The summed E-state index contributed by atoms with van der Waals surface area (Å²) in [6, 6.07) is 3.95. The Hall–Kier alpha value is -2.57. The molecule has 0 aliphatic carbocycles. The summed E-state index contributed by atoms with van der Waals surface area (Å²) in [5.41, 5.74) is 0.817. The van der Waals surface area contributed by atoms with Gasteiger partial charge in [-0.3, -0.25) is 4.79 Å². The van der Waals surface area contributed by atoms with Crippen LogP contribution in [0.25, 0.3) is 0 Å². The lowest BCUT2D eigenvalue weighted by molar-refractivity contribution is -0.122. The normalized spacial score (nSPS) is 20.0. The van der Waals surface area contributed by atoms with Crippen molar-refractivity contribution in [3.05, 3.63) is 47.8 Å². The number of piperidine rings is 1. The summed E-state index contributed by atoms with van der Waals surface area (Å²) in [7, 11) is 0. The molecule has 1 aromatic heterocycles. The molecule has 7 heteroatoms. The third-order valence-corrected chi connectivity index (χ3v) is 5.08. The van der Waals surface area contributed by atoms with E-state index in [1.165, 1.54) is 11.0 Å². The van der Waals surface area contributed by atoms with Crippen molar-refractivity contribution in [3.63, 3.8) is 0 Å². The molecule has 0 saturated carbocycles. The fraction of sp³-hybridized carbons (Fsp3) is 0.421. The van der Waals surface area contributed by atoms with Gasteiger partial charge in [0.15, 0.2) is 0 Å². The third-order valence-electron chi connectivity index (χ3n) is 5.08. The Morgan fingerprint density at radius 2 is 1.92 bits per heavy atom. The van der Waals surface area contributed by atoms with Gasteiger partial charge in [0, 0.05) is 38.1 Å². The van der Waals surface area contributed by atoms with Crippen LogP contribution in [0, 0.1) is 17.6 Å². The van der Waals surface area contributed by atoms with E-state index in [1.54, 1.807) is 18.5 Å². The highest BCUT2D eigenvalue weighted by Crippen LogP contribution is 2.33. The van der Waals surface area contributed by atoms with E-state index < -0.39 is 11.6 Å². The molecule has 1 amide bonds. The lowest BCUT2D eigenvalue weighted by Crippen LogP contribution is -2.47. The number of rotatable bonds is 2. The van der Waals surface area contributed by atoms with Crippen LogP contribution in [0.1, 0.15) is 24.8 Å². The van der Waals surface area contributed by atoms with Crippen molar-refractivity contribution >= 4 is 17.5 Å². The van der Waals surface area contributed by atoms with Gasteiger partial charge in [0.1, 0.15) is 11.6 Å². The Balaban J connectivity index is 1.57. The molecule has 1 saturated heterocycles. The maximum absolute atomic E-state index is 14.4. The lowest BCUT2D eigenvalue weighted by Gasteiger charge is -2.37. The molecule has 0 radical (unpaired) electrons. The van der Waals surface area contributed by atoms with Gasteiger partial charge in [-0.1, -0.05) is 0 Å². The SMILES string of the molecule is O=C(C1CCCN(c2ncccn2)C1)N1CCCc2cc(F)cc(F)c21. The average Bonchev–Trinajstić information content (AvgIpc) is 2.67. The highest BCUT2D eigenvalue weighted by Gasteiger charge is 2.34. The second-order valence-corrected chi connectivity index (χ2v) is 6.82. The van der Waals surface area contributed by atoms with Crippen molar-refractivity contribution in [2.45, 2.75) is 25.7 Å². The van der Waals surface area contributed by atoms with Crippen molar-refractivity contribution in [3.8, 4) is 0 Å². The van der Waals surface area contributed by atoms with Gasteiger partial charge in [0.05, 0.1) is 11.6 Å². The number of aromatic nitrogens is 2. The van der Waals surface area contributed by atoms with Gasteiger partial charge < -0.3 is 9.80 Å². The van der Waals surface area contributed by atoms with Crippen LogP contribution in [0.15, 0.2) is 30.6 Å². The number of nitrogens with zero attached hydrogens (tertiary/aromatic N) is 4. The summed E-state index contributed by atoms with van der Waals surface area (Å²) in [4.78, 5) is 25.1. The van der Waals surface area contributed by atoms with Gasteiger partial charge in [-0.05, 0) is 43.4 Å². The van der Waals surface area contributed by atoms with E-state index in [2.05, 4.69) is 9.97 Å². The largest absolute Gasteiger partial charge is 0.340 e. The van der Waals surface area contributed by atoms with E-state index in [0.29, 0.717) is 37.4 Å². The van der Waals surface area contributed by atoms with Crippen molar-refractivity contribution in [2.24, 2.45) is 5.92 Å². The van der Waals surface area contributed by atoms with Gasteiger partial charge in [0.25, 0.3) is 0 Å². The molecular weight excluding hydrogens is 338 g/mol. The van der Waals surface area contributed by atoms with Gasteiger partial charge >= 0.3 is 0 Å². The van der Waals surface area contributed by atoms with Crippen LogP contribution in [0.5, 0.6) is 0 Å². The van der Waals surface area contributed by atoms with Crippen molar-refractivity contribution in [1.29, 1.82) is 0 Å². The smallest absolute Gasteiger partial charge is 0.231 e. The first-order valence-corrected chi connectivity index (χ1v) is 8.95. The Labute approximate surface area is 150 Å². The van der Waals surface area contributed by atoms with Gasteiger partial charge in [-0.2, -0.15) is 0 Å². The maximum atomic E-state index is 14.4. The average molecular weight is 358 g/mol.